The fraction of sp³-hybridized carbons (Fsp3) is 0.714. The van der Waals surface area contributed by atoms with Crippen molar-refractivity contribution in [3.63, 3.8) is 0 Å². The molecule has 2 saturated heterocycles. The van der Waals surface area contributed by atoms with Crippen LogP contribution in [0.4, 0.5) is 26.3 Å². The number of nitrogens with zero attached hydrogens (tertiary/aromatic N) is 3. The molecule has 3 rings (SSSR count). The summed E-state index contributed by atoms with van der Waals surface area (Å²) in [6.45, 7) is 8.95. The SMILES string of the molecule is CN(C)CCN1CCOCC2(C1)CN(Cc1ccco1)CCO2.O=C(O)C(F)(F)F.O=C(O)C(F)(F)F. The first-order valence-corrected chi connectivity index (χ1v) is 11.0. The second-order valence-corrected chi connectivity index (χ2v) is 8.56. The van der Waals surface area contributed by atoms with Gasteiger partial charge in [-0.25, -0.2) is 9.59 Å². The third-order valence-corrected chi connectivity index (χ3v) is 5.06. The Kier molecular flexibility index (Phi) is 12.8. The van der Waals surface area contributed by atoms with Crippen LogP contribution in [0.25, 0.3) is 0 Å². The molecule has 0 amide bonds. The number of aliphatic carboxylic acids is 2. The average Bonchev–Trinajstić information content (AvgIpc) is 3.20. The summed E-state index contributed by atoms with van der Waals surface area (Å²) in [5.74, 6) is -4.50. The molecule has 0 aliphatic carbocycles. The number of carboxylic acid groups (broad SMARTS) is 2. The Morgan fingerprint density at radius 3 is 2.03 bits per heavy atom. The van der Waals surface area contributed by atoms with Gasteiger partial charge in [0.05, 0.1) is 32.6 Å². The van der Waals surface area contributed by atoms with Crippen molar-refractivity contribution in [1.82, 2.24) is 14.7 Å². The van der Waals surface area contributed by atoms with Crippen LogP contribution in [-0.4, -0.2) is 128 Å². The molecule has 0 bridgehead atoms. The van der Waals surface area contributed by atoms with Gasteiger partial charge in [-0.15, -0.1) is 0 Å². The highest BCUT2D eigenvalue weighted by atomic mass is 19.4. The van der Waals surface area contributed by atoms with Gasteiger partial charge in [0.1, 0.15) is 11.4 Å². The Bertz CT molecular complexity index is 797. The zero-order chi connectivity index (χ0) is 28.3. The number of ether oxygens (including phenoxy) is 2. The molecule has 1 aromatic heterocycles. The van der Waals surface area contributed by atoms with Crippen LogP contribution in [0, 0.1) is 0 Å². The first kappa shape index (κ1) is 32.6. The lowest BCUT2D eigenvalue weighted by Gasteiger charge is -2.43. The number of furan rings is 1. The normalized spacial score (nSPS) is 21.4. The molecule has 0 radical (unpaired) electrons. The summed E-state index contributed by atoms with van der Waals surface area (Å²) in [6, 6.07) is 3.98. The van der Waals surface area contributed by atoms with Crippen molar-refractivity contribution in [1.29, 1.82) is 0 Å². The quantitative estimate of drug-likeness (QED) is 0.527. The maximum atomic E-state index is 10.6. The van der Waals surface area contributed by atoms with Crippen molar-refractivity contribution in [2.24, 2.45) is 0 Å². The van der Waals surface area contributed by atoms with Gasteiger partial charge >= 0.3 is 24.3 Å². The Hall–Kier alpha value is -2.40. The molecular formula is C21H31F6N3O7. The fourth-order valence-corrected chi connectivity index (χ4v) is 3.38. The van der Waals surface area contributed by atoms with Crippen LogP contribution in [0.2, 0.25) is 0 Å². The minimum Gasteiger partial charge on any atom is -0.475 e. The standard InChI is InChI=1S/C17H29N3O3.2C2HF3O2/c1-18(2)5-6-19-7-10-21-15-17(13-19)14-20(8-11-23-17)12-16-4-3-9-22-16;2*3-2(4,5)1(6)7/h3-4,9H,5-8,10-15H2,1-2H3;2*(H,6,7). The van der Waals surface area contributed by atoms with Gasteiger partial charge in [0.25, 0.3) is 0 Å². The molecule has 214 valence electrons. The Morgan fingerprint density at radius 1 is 1.00 bits per heavy atom. The molecule has 1 atom stereocenters. The van der Waals surface area contributed by atoms with Crippen molar-refractivity contribution < 1.29 is 60.0 Å². The van der Waals surface area contributed by atoms with Crippen LogP contribution in [0.15, 0.2) is 22.8 Å². The number of rotatable bonds is 5. The van der Waals surface area contributed by atoms with E-state index < -0.39 is 24.3 Å². The van der Waals surface area contributed by atoms with E-state index in [1.807, 2.05) is 12.1 Å². The van der Waals surface area contributed by atoms with Crippen molar-refractivity contribution in [2.75, 3.05) is 73.2 Å². The monoisotopic (exact) mass is 551 g/mol. The van der Waals surface area contributed by atoms with Crippen LogP contribution in [0.1, 0.15) is 5.76 Å². The van der Waals surface area contributed by atoms with E-state index in [1.165, 1.54) is 0 Å². The third-order valence-electron chi connectivity index (χ3n) is 5.06. The summed E-state index contributed by atoms with van der Waals surface area (Å²) in [6.07, 6.45) is -8.43. The Morgan fingerprint density at radius 2 is 1.54 bits per heavy atom. The maximum absolute atomic E-state index is 10.6. The summed E-state index contributed by atoms with van der Waals surface area (Å²) >= 11 is 0. The minimum atomic E-state index is -5.08. The topological polar surface area (TPSA) is 116 Å². The van der Waals surface area contributed by atoms with E-state index in [0.29, 0.717) is 6.61 Å². The molecule has 0 aromatic carbocycles. The number of carboxylic acids is 2. The van der Waals surface area contributed by atoms with Crippen LogP contribution >= 0.6 is 0 Å². The van der Waals surface area contributed by atoms with Gasteiger partial charge in [-0.05, 0) is 26.2 Å². The second kappa shape index (κ2) is 14.5. The van der Waals surface area contributed by atoms with E-state index in [-0.39, 0.29) is 5.60 Å². The third kappa shape index (κ3) is 13.1. The van der Waals surface area contributed by atoms with Crippen LogP contribution in [0.3, 0.4) is 0 Å². The molecule has 37 heavy (non-hydrogen) atoms. The van der Waals surface area contributed by atoms with Crippen molar-refractivity contribution in [3.05, 3.63) is 24.2 Å². The van der Waals surface area contributed by atoms with Gasteiger partial charge in [0.2, 0.25) is 0 Å². The number of morpholine rings is 1. The summed E-state index contributed by atoms with van der Waals surface area (Å²) in [7, 11) is 4.23. The average molecular weight is 551 g/mol. The number of likely N-dealkylation sites (N-methyl/N-ethyl adjacent to an activating group) is 1. The molecule has 3 heterocycles. The highest BCUT2D eigenvalue weighted by molar-refractivity contribution is 5.73. The van der Waals surface area contributed by atoms with Gasteiger partial charge in [0.15, 0.2) is 0 Å². The molecule has 2 N–H and O–H groups in total. The van der Waals surface area contributed by atoms with Crippen LogP contribution < -0.4 is 0 Å². The van der Waals surface area contributed by atoms with Gasteiger partial charge in [0, 0.05) is 39.3 Å². The number of alkyl halides is 6. The zero-order valence-electron chi connectivity index (χ0n) is 20.3. The fourth-order valence-electron chi connectivity index (χ4n) is 3.38. The van der Waals surface area contributed by atoms with E-state index in [2.05, 4.69) is 28.8 Å². The summed E-state index contributed by atoms with van der Waals surface area (Å²) in [5.41, 5.74) is -0.215. The largest absolute Gasteiger partial charge is 0.490 e. The summed E-state index contributed by atoms with van der Waals surface area (Å²) in [4.78, 5) is 24.9. The van der Waals surface area contributed by atoms with Crippen molar-refractivity contribution in [3.8, 4) is 0 Å². The molecule has 0 saturated carbocycles. The lowest BCUT2D eigenvalue weighted by atomic mass is 10.0. The van der Waals surface area contributed by atoms with Gasteiger partial charge < -0.3 is 29.0 Å². The number of carbonyl (C=O) groups is 2. The van der Waals surface area contributed by atoms with Crippen LogP contribution in [-0.2, 0) is 25.6 Å². The van der Waals surface area contributed by atoms with Gasteiger partial charge in [-0.1, -0.05) is 0 Å². The first-order chi connectivity index (χ1) is 17.0. The minimum absolute atomic E-state index is 0.215. The lowest BCUT2D eigenvalue weighted by Crippen LogP contribution is -2.58. The molecule has 1 unspecified atom stereocenters. The first-order valence-electron chi connectivity index (χ1n) is 11.0. The predicted octanol–water partition coefficient (Wildman–Crippen LogP) is 2.01. The molecular weight excluding hydrogens is 520 g/mol. The Balaban J connectivity index is 0.000000404. The number of hydrogen-bond donors (Lipinski definition) is 2. The van der Waals surface area contributed by atoms with Crippen LogP contribution in [0.5, 0.6) is 0 Å². The van der Waals surface area contributed by atoms with E-state index in [4.69, 9.17) is 33.7 Å². The smallest absolute Gasteiger partial charge is 0.475 e. The molecule has 16 heteroatoms. The highest BCUT2D eigenvalue weighted by Crippen LogP contribution is 2.24. The second-order valence-electron chi connectivity index (χ2n) is 8.56. The van der Waals surface area contributed by atoms with E-state index in [9.17, 15) is 26.3 Å². The van der Waals surface area contributed by atoms with Gasteiger partial charge in [-0.3, -0.25) is 9.80 Å². The van der Waals surface area contributed by atoms with Gasteiger partial charge in [-0.2, -0.15) is 26.3 Å². The molecule has 2 fully saturated rings. The Labute approximate surface area is 209 Å². The predicted molar refractivity (Wildman–Crippen MR) is 116 cm³/mol. The molecule has 2 aliphatic rings. The number of halogens is 6. The van der Waals surface area contributed by atoms with E-state index in [1.54, 1.807) is 6.26 Å². The molecule has 2 aliphatic heterocycles. The van der Waals surface area contributed by atoms with E-state index >= 15 is 0 Å². The lowest BCUT2D eigenvalue weighted by molar-refractivity contribution is -0.193. The summed E-state index contributed by atoms with van der Waals surface area (Å²) in [5, 5.41) is 14.2. The van der Waals surface area contributed by atoms with Crippen molar-refractivity contribution >= 4 is 11.9 Å². The number of hydrogen-bond acceptors (Lipinski definition) is 8. The summed E-state index contributed by atoms with van der Waals surface area (Å²) < 4.78 is 81.1. The van der Waals surface area contributed by atoms with E-state index in [0.717, 1.165) is 64.8 Å². The molecule has 10 nitrogen and oxygen atoms in total. The molecule has 1 aromatic rings. The zero-order valence-corrected chi connectivity index (χ0v) is 20.3. The maximum Gasteiger partial charge on any atom is 0.490 e. The van der Waals surface area contributed by atoms with Crippen molar-refractivity contribution in [2.45, 2.75) is 24.5 Å². The highest BCUT2D eigenvalue weighted by Gasteiger charge is 2.40. The molecule has 1 spiro atoms.